The quantitative estimate of drug-likeness (QED) is 0.734. The highest BCUT2D eigenvalue weighted by atomic mass is 19.1. The first-order chi connectivity index (χ1) is 9.63. The van der Waals surface area contributed by atoms with Crippen LogP contribution in [0, 0.1) is 5.82 Å². The van der Waals surface area contributed by atoms with Crippen molar-refractivity contribution >= 4 is 11.4 Å². The molecule has 5 heteroatoms. The van der Waals surface area contributed by atoms with Gasteiger partial charge in [0.05, 0.1) is 25.1 Å². The second-order valence-corrected chi connectivity index (χ2v) is 4.40. The van der Waals surface area contributed by atoms with E-state index in [0.717, 1.165) is 11.1 Å². The second kappa shape index (κ2) is 6.25. The molecule has 0 aliphatic rings. The second-order valence-electron chi connectivity index (χ2n) is 4.40. The van der Waals surface area contributed by atoms with Crippen LogP contribution in [0.3, 0.4) is 0 Å². The fourth-order valence-electron chi connectivity index (χ4n) is 1.84. The third kappa shape index (κ3) is 3.19. The maximum Gasteiger partial charge on any atom is 0.148 e. The molecule has 0 aromatic heterocycles. The molecule has 2 rings (SSSR count). The zero-order valence-electron chi connectivity index (χ0n) is 11.2. The molecule has 2 aromatic carbocycles. The number of ether oxygens (including phenoxy) is 1. The van der Waals surface area contributed by atoms with Crippen LogP contribution in [0.1, 0.15) is 11.1 Å². The van der Waals surface area contributed by atoms with Crippen molar-refractivity contribution < 1.29 is 14.2 Å². The largest absolute Gasteiger partial charge is 0.495 e. The summed E-state index contributed by atoms with van der Waals surface area (Å²) in [6.07, 6.45) is 0. The van der Waals surface area contributed by atoms with Crippen LogP contribution in [-0.4, -0.2) is 12.2 Å². The smallest absolute Gasteiger partial charge is 0.148 e. The molecule has 0 saturated carbocycles. The first-order valence-electron chi connectivity index (χ1n) is 6.19. The molecule has 0 fully saturated rings. The Morgan fingerprint density at radius 1 is 1.20 bits per heavy atom. The van der Waals surface area contributed by atoms with E-state index in [-0.39, 0.29) is 12.3 Å². The number of anilines is 2. The molecule has 0 unspecified atom stereocenters. The Hall–Kier alpha value is -2.27. The Labute approximate surface area is 117 Å². The van der Waals surface area contributed by atoms with E-state index in [2.05, 4.69) is 5.32 Å². The minimum atomic E-state index is -0.421. The fourth-order valence-corrected chi connectivity index (χ4v) is 1.84. The molecule has 0 heterocycles. The van der Waals surface area contributed by atoms with Gasteiger partial charge in [0.1, 0.15) is 11.6 Å². The van der Waals surface area contributed by atoms with E-state index in [1.165, 1.54) is 19.2 Å². The van der Waals surface area contributed by atoms with Crippen LogP contribution in [0.15, 0.2) is 36.4 Å². The molecular formula is C15H17FN2O2. The van der Waals surface area contributed by atoms with Crippen LogP contribution in [0.25, 0.3) is 0 Å². The lowest BCUT2D eigenvalue weighted by Crippen LogP contribution is -2.03. The van der Waals surface area contributed by atoms with Crippen LogP contribution >= 0.6 is 0 Å². The third-order valence-corrected chi connectivity index (χ3v) is 3.01. The number of rotatable bonds is 5. The molecule has 0 aliphatic heterocycles. The van der Waals surface area contributed by atoms with E-state index in [0.29, 0.717) is 18.0 Å². The summed E-state index contributed by atoms with van der Waals surface area (Å²) in [6.45, 7) is 0.479. The molecule has 4 nitrogen and oxygen atoms in total. The summed E-state index contributed by atoms with van der Waals surface area (Å²) in [4.78, 5) is 0. The van der Waals surface area contributed by atoms with Gasteiger partial charge in [-0.25, -0.2) is 4.39 Å². The lowest BCUT2D eigenvalue weighted by molar-refractivity contribution is 0.282. The SMILES string of the molecule is COc1cc(NCc2ccc(CO)cc2)c(F)cc1N. The molecule has 0 saturated heterocycles. The first kappa shape index (κ1) is 14.1. The number of benzene rings is 2. The van der Waals surface area contributed by atoms with Crippen molar-refractivity contribution in [2.45, 2.75) is 13.2 Å². The van der Waals surface area contributed by atoms with E-state index < -0.39 is 5.82 Å². The van der Waals surface area contributed by atoms with Crippen molar-refractivity contribution in [3.63, 3.8) is 0 Å². The molecule has 0 atom stereocenters. The number of halogens is 1. The number of aliphatic hydroxyl groups excluding tert-OH is 1. The monoisotopic (exact) mass is 276 g/mol. The lowest BCUT2D eigenvalue weighted by atomic mass is 10.1. The Morgan fingerprint density at radius 2 is 1.85 bits per heavy atom. The maximum atomic E-state index is 13.8. The summed E-state index contributed by atoms with van der Waals surface area (Å²) in [5, 5.41) is 12.0. The predicted molar refractivity (Wildman–Crippen MR) is 77.1 cm³/mol. The standard InChI is InChI=1S/C15H17FN2O2/c1-20-15-7-14(12(16)6-13(15)17)18-8-10-2-4-11(9-19)5-3-10/h2-7,18-19H,8-9,17H2,1H3. The average Bonchev–Trinajstić information content (AvgIpc) is 2.47. The van der Waals surface area contributed by atoms with Crippen molar-refractivity contribution in [1.82, 2.24) is 0 Å². The van der Waals surface area contributed by atoms with Gasteiger partial charge in [-0.1, -0.05) is 24.3 Å². The van der Waals surface area contributed by atoms with Crippen LogP contribution < -0.4 is 15.8 Å². The van der Waals surface area contributed by atoms with E-state index in [9.17, 15) is 4.39 Å². The molecule has 0 radical (unpaired) electrons. The molecule has 20 heavy (non-hydrogen) atoms. The summed E-state index contributed by atoms with van der Waals surface area (Å²) >= 11 is 0. The molecule has 106 valence electrons. The highest BCUT2D eigenvalue weighted by Crippen LogP contribution is 2.28. The van der Waals surface area contributed by atoms with Gasteiger partial charge in [-0.15, -0.1) is 0 Å². The number of nitrogens with two attached hydrogens (primary N) is 1. The maximum absolute atomic E-state index is 13.8. The minimum absolute atomic E-state index is 0.0114. The van der Waals surface area contributed by atoms with Crippen molar-refractivity contribution in [1.29, 1.82) is 0 Å². The third-order valence-electron chi connectivity index (χ3n) is 3.01. The van der Waals surface area contributed by atoms with Crippen molar-refractivity contribution in [2.24, 2.45) is 0 Å². The van der Waals surface area contributed by atoms with Crippen LogP contribution in [0.5, 0.6) is 5.75 Å². The van der Waals surface area contributed by atoms with Crippen LogP contribution in [0.4, 0.5) is 15.8 Å². The number of hydrogen-bond acceptors (Lipinski definition) is 4. The molecule has 0 spiro atoms. The van der Waals surface area contributed by atoms with Gasteiger partial charge in [0.25, 0.3) is 0 Å². The number of nitrogens with one attached hydrogen (secondary N) is 1. The molecular weight excluding hydrogens is 259 g/mol. The summed E-state index contributed by atoms with van der Waals surface area (Å²) in [7, 11) is 1.49. The van der Waals surface area contributed by atoms with E-state index >= 15 is 0 Å². The molecule has 0 amide bonds. The number of hydrogen-bond donors (Lipinski definition) is 3. The van der Waals surface area contributed by atoms with Crippen LogP contribution in [-0.2, 0) is 13.2 Å². The number of aliphatic hydroxyl groups is 1. The number of methoxy groups -OCH3 is 1. The summed E-state index contributed by atoms with van der Waals surface area (Å²) < 4.78 is 18.8. The Balaban J connectivity index is 2.09. The highest BCUT2D eigenvalue weighted by Gasteiger charge is 2.08. The van der Waals surface area contributed by atoms with Crippen LogP contribution in [0.2, 0.25) is 0 Å². The lowest BCUT2D eigenvalue weighted by Gasteiger charge is -2.11. The summed E-state index contributed by atoms with van der Waals surface area (Å²) in [5.74, 6) is 0.0137. The van der Waals surface area contributed by atoms with Gasteiger partial charge in [0, 0.05) is 18.7 Å². The molecule has 0 bridgehead atoms. The van der Waals surface area contributed by atoms with Crippen molar-refractivity contribution in [2.75, 3.05) is 18.2 Å². The fraction of sp³-hybridized carbons (Fsp3) is 0.200. The summed E-state index contributed by atoms with van der Waals surface area (Å²) in [6, 6.07) is 10.2. The highest BCUT2D eigenvalue weighted by molar-refractivity contribution is 5.62. The van der Waals surface area contributed by atoms with Crippen molar-refractivity contribution in [3.05, 3.63) is 53.3 Å². The first-order valence-corrected chi connectivity index (χ1v) is 6.19. The summed E-state index contributed by atoms with van der Waals surface area (Å²) in [5.41, 5.74) is 8.05. The molecule has 2 aromatic rings. The van der Waals surface area contributed by atoms with Gasteiger partial charge in [0.2, 0.25) is 0 Å². The van der Waals surface area contributed by atoms with E-state index in [4.69, 9.17) is 15.6 Å². The van der Waals surface area contributed by atoms with E-state index in [1.807, 2.05) is 24.3 Å². The number of nitrogen functional groups attached to an aromatic ring is 1. The average molecular weight is 276 g/mol. The molecule has 0 aliphatic carbocycles. The van der Waals surface area contributed by atoms with Crippen molar-refractivity contribution in [3.8, 4) is 5.75 Å². The molecule has 4 N–H and O–H groups in total. The minimum Gasteiger partial charge on any atom is -0.495 e. The normalized spacial score (nSPS) is 10.3. The van der Waals surface area contributed by atoms with Gasteiger partial charge in [-0.2, -0.15) is 0 Å². The Morgan fingerprint density at radius 3 is 2.45 bits per heavy atom. The van der Waals surface area contributed by atoms with Gasteiger partial charge in [-0.05, 0) is 11.1 Å². The van der Waals surface area contributed by atoms with Gasteiger partial charge in [0.15, 0.2) is 0 Å². The Kier molecular flexibility index (Phi) is 4.42. The zero-order valence-corrected chi connectivity index (χ0v) is 11.2. The Bertz CT molecular complexity index is 585. The topological polar surface area (TPSA) is 67.5 Å². The van der Waals surface area contributed by atoms with Gasteiger partial charge < -0.3 is 20.9 Å². The van der Waals surface area contributed by atoms with E-state index in [1.54, 1.807) is 0 Å². The van der Waals surface area contributed by atoms with Gasteiger partial charge in [-0.3, -0.25) is 0 Å². The van der Waals surface area contributed by atoms with Gasteiger partial charge >= 0.3 is 0 Å². The zero-order chi connectivity index (χ0) is 14.5. The predicted octanol–water partition coefficient (Wildman–Crippen LogP) is 2.52.